The van der Waals surface area contributed by atoms with Crippen LogP contribution in [0.15, 0.2) is 34.9 Å². The Bertz CT molecular complexity index is 917. The summed E-state index contributed by atoms with van der Waals surface area (Å²) in [4.78, 5) is 31.5. The number of benzene rings is 1. The van der Waals surface area contributed by atoms with Crippen molar-refractivity contribution in [1.82, 2.24) is 15.2 Å². The highest BCUT2D eigenvalue weighted by molar-refractivity contribution is 5.91. The number of nitrogens with zero attached hydrogens (tertiary/aromatic N) is 2. The first-order valence-corrected chi connectivity index (χ1v) is 11.5. The summed E-state index contributed by atoms with van der Waals surface area (Å²) in [6.07, 6.45) is 5.48. The third-order valence-electron chi connectivity index (χ3n) is 5.94. The summed E-state index contributed by atoms with van der Waals surface area (Å²) >= 11 is 0. The van der Waals surface area contributed by atoms with Crippen molar-refractivity contribution >= 4 is 11.8 Å². The van der Waals surface area contributed by atoms with Gasteiger partial charge in [-0.3, -0.25) is 9.59 Å². The first kappa shape index (κ1) is 23.3. The standard InChI is InChI=1S/C24H31N3O6/c1-30-18-8-6-17(7-9-18)12-23(28)27(14-20-5-3-11-32-20)15-22-26-21(16-33-22)24(29)25-13-19-4-2-10-31-19/h6-9,16,19-20H,2-5,10-15H2,1H3,(H,25,29). The van der Waals surface area contributed by atoms with E-state index in [1.807, 2.05) is 24.3 Å². The predicted molar refractivity (Wildman–Crippen MR) is 119 cm³/mol. The first-order chi connectivity index (χ1) is 16.1. The van der Waals surface area contributed by atoms with Crippen LogP contribution >= 0.6 is 0 Å². The minimum atomic E-state index is -0.310. The molecule has 178 valence electrons. The first-order valence-electron chi connectivity index (χ1n) is 11.5. The fourth-order valence-electron chi connectivity index (χ4n) is 4.07. The summed E-state index contributed by atoms with van der Waals surface area (Å²) in [5.41, 5.74) is 1.09. The summed E-state index contributed by atoms with van der Waals surface area (Å²) in [7, 11) is 1.61. The maximum Gasteiger partial charge on any atom is 0.273 e. The maximum absolute atomic E-state index is 13.1. The molecule has 9 heteroatoms. The fraction of sp³-hybridized carbons (Fsp3) is 0.542. The number of hydrogen-bond acceptors (Lipinski definition) is 7. The highest BCUT2D eigenvalue weighted by Crippen LogP contribution is 2.18. The van der Waals surface area contributed by atoms with E-state index in [2.05, 4.69) is 10.3 Å². The van der Waals surface area contributed by atoms with Crippen LogP contribution in [0.2, 0.25) is 0 Å². The summed E-state index contributed by atoms with van der Waals surface area (Å²) < 4.78 is 22.0. The van der Waals surface area contributed by atoms with E-state index in [0.717, 1.165) is 43.6 Å². The van der Waals surface area contributed by atoms with Gasteiger partial charge < -0.3 is 28.8 Å². The van der Waals surface area contributed by atoms with Crippen molar-refractivity contribution in [1.29, 1.82) is 0 Å². The van der Waals surface area contributed by atoms with Gasteiger partial charge in [-0.25, -0.2) is 4.98 Å². The summed E-state index contributed by atoms with van der Waals surface area (Å²) in [5.74, 6) is 0.694. The van der Waals surface area contributed by atoms with Gasteiger partial charge in [0.05, 0.1) is 32.3 Å². The van der Waals surface area contributed by atoms with E-state index in [9.17, 15) is 9.59 Å². The lowest BCUT2D eigenvalue weighted by molar-refractivity contribution is -0.133. The molecule has 33 heavy (non-hydrogen) atoms. The normalized spacial score (nSPS) is 20.0. The van der Waals surface area contributed by atoms with Crippen LogP contribution in [0.5, 0.6) is 5.75 Å². The van der Waals surface area contributed by atoms with Crippen LogP contribution in [0.3, 0.4) is 0 Å². The maximum atomic E-state index is 13.1. The number of ether oxygens (including phenoxy) is 3. The Kier molecular flexibility index (Phi) is 7.96. The largest absolute Gasteiger partial charge is 0.497 e. The second kappa shape index (κ2) is 11.3. The summed E-state index contributed by atoms with van der Waals surface area (Å²) in [6.45, 7) is 2.53. The van der Waals surface area contributed by atoms with Crippen molar-refractivity contribution in [2.45, 2.75) is 50.9 Å². The van der Waals surface area contributed by atoms with Gasteiger partial charge in [-0.05, 0) is 43.4 Å². The lowest BCUT2D eigenvalue weighted by atomic mass is 10.1. The number of amides is 2. The zero-order chi connectivity index (χ0) is 23.0. The molecular weight excluding hydrogens is 426 g/mol. The lowest BCUT2D eigenvalue weighted by Gasteiger charge is -2.24. The second-order valence-electron chi connectivity index (χ2n) is 8.41. The van der Waals surface area contributed by atoms with Gasteiger partial charge in [0.2, 0.25) is 11.8 Å². The molecule has 2 unspecified atom stereocenters. The minimum Gasteiger partial charge on any atom is -0.497 e. The van der Waals surface area contributed by atoms with Crippen molar-refractivity contribution in [3.05, 3.63) is 47.7 Å². The van der Waals surface area contributed by atoms with E-state index in [-0.39, 0.29) is 42.7 Å². The number of hydrogen-bond donors (Lipinski definition) is 1. The van der Waals surface area contributed by atoms with Gasteiger partial charge in [-0.15, -0.1) is 0 Å². The molecule has 0 spiro atoms. The van der Waals surface area contributed by atoms with E-state index in [1.54, 1.807) is 12.0 Å². The Morgan fingerprint density at radius 3 is 2.52 bits per heavy atom. The van der Waals surface area contributed by atoms with Crippen molar-refractivity contribution in [2.75, 3.05) is 33.4 Å². The highest BCUT2D eigenvalue weighted by atomic mass is 16.5. The average molecular weight is 458 g/mol. The van der Waals surface area contributed by atoms with Crippen LogP contribution < -0.4 is 10.1 Å². The average Bonchev–Trinajstić information content (AvgIpc) is 3.61. The molecule has 0 bridgehead atoms. The van der Waals surface area contributed by atoms with Crippen molar-refractivity contribution in [2.24, 2.45) is 0 Å². The topological polar surface area (TPSA) is 103 Å². The van der Waals surface area contributed by atoms with Crippen molar-refractivity contribution in [3.8, 4) is 5.75 Å². The van der Waals surface area contributed by atoms with Crippen LogP contribution in [-0.2, 0) is 27.2 Å². The van der Waals surface area contributed by atoms with Gasteiger partial charge >= 0.3 is 0 Å². The molecule has 2 aromatic rings. The molecule has 2 amide bonds. The zero-order valence-electron chi connectivity index (χ0n) is 19.0. The number of carbonyl (C=O) groups excluding carboxylic acids is 2. The van der Waals surface area contributed by atoms with Gasteiger partial charge in [0.1, 0.15) is 12.0 Å². The molecule has 0 saturated carbocycles. The molecule has 2 aliphatic heterocycles. The van der Waals surface area contributed by atoms with E-state index in [0.29, 0.717) is 25.6 Å². The predicted octanol–water partition coefficient (Wildman–Crippen LogP) is 2.34. The Morgan fingerprint density at radius 1 is 1.12 bits per heavy atom. The molecule has 1 N–H and O–H groups in total. The smallest absolute Gasteiger partial charge is 0.273 e. The number of nitrogens with one attached hydrogen (secondary N) is 1. The van der Waals surface area contributed by atoms with Gasteiger partial charge in [-0.2, -0.15) is 0 Å². The summed E-state index contributed by atoms with van der Waals surface area (Å²) in [5, 5.41) is 2.83. The van der Waals surface area contributed by atoms with Gasteiger partial charge in [-0.1, -0.05) is 12.1 Å². The number of methoxy groups -OCH3 is 1. The van der Waals surface area contributed by atoms with Gasteiger partial charge in [0.15, 0.2) is 5.69 Å². The number of carbonyl (C=O) groups is 2. The van der Waals surface area contributed by atoms with Gasteiger partial charge in [0.25, 0.3) is 5.91 Å². The minimum absolute atomic E-state index is 0.00559. The Labute approximate surface area is 193 Å². The van der Waals surface area contributed by atoms with E-state index in [4.69, 9.17) is 18.6 Å². The van der Waals surface area contributed by atoms with Crippen molar-refractivity contribution in [3.63, 3.8) is 0 Å². The molecule has 2 aliphatic rings. The quantitative estimate of drug-likeness (QED) is 0.584. The van der Waals surface area contributed by atoms with Crippen LogP contribution in [0.1, 0.15) is 47.6 Å². The van der Waals surface area contributed by atoms with Crippen LogP contribution in [-0.4, -0.2) is 67.3 Å². The fourth-order valence-corrected chi connectivity index (χ4v) is 4.07. The number of oxazole rings is 1. The van der Waals surface area contributed by atoms with Crippen LogP contribution in [0.25, 0.3) is 0 Å². The third-order valence-corrected chi connectivity index (χ3v) is 5.94. The molecule has 2 saturated heterocycles. The molecule has 0 radical (unpaired) electrons. The Balaban J connectivity index is 1.38. The highest BCUT2D eigenvalue weighted by Gasteiger charge is 2.25. The molecule has 1 aromatic carbocycles. The Morgan fingerprint density at radius 2 is 1.85 bits per heavy atom. The molecule has 2 fully saturated rings. The van der Waals surface area contributed by atoms with Crippen LogP contribution in [0.4, 0.5) is 0 Å². The molecule has 3 heterocycles. The van der Waals surface area contributed by atoms with Gasteiger partial charge in [0, 0.05) is 26.3 Å². The number of rotatable bonds is 10. The summed E-state index contributed by atoms with van der Waals surface area (Å²) in [6, 6.07) is 7.43. The monoisotopic (exact) mass is 457 g/mol. The lowest BCUT2D eigenvalue weighted by Crippen LogP contribution is -2.38. The van der Waals surface area contributed by atoms with Crippen LogP contribution in [0, 0.1) is 0 Å². The second-order valence-corrected chi connectivity index (χ2v) is 8.41. The third kappa shape index (κ3) is 6.55. The molecular formula is C24H31N3O6. The molecule has 1 aromatic heterocycles. The molecule has 0 aliphatic carbocycles. The van der Waals surface area contributed by atoms with Crippen molar-refractivity contribution < 1.29 is 28.2 Å². The Hall–Kier alpha value is -2.91. The SMILES string of the molecule is COc1ccc(CC(=O)N(Cc2nc(C(=O)NCC3CCCO3)co2)CC2CCCO2)cc1. The molecule has 4 rings (SSSR count). The molecule has 9 nitrogen and oxygen atoms in total. The molecule has 2 atom stereocenters. The van der Waals surface area contributed by atoms with E-state index in [1.165, 1.54) is 6.26 Å². The van der Waals surface area contributed by atoms with E-state index >= 15 is 0 Å². The zero-order valence-corrected chi connectivity index (χ0v) is 19.0. The number of aromatic nitrogens is 1. The van der Waals surface area contributed by atoms with E-state index < -0.39 is 0 Å².